The molecule has 1 aromatic heterocycles. The van der Waals surface area contributed by atoms with E-state index in [4.69, 9.17) is 0 Å². The molecule has 0 bridgehead atoms. The van der Waals surface area contributed by atoms with Crippen molar-refractivity contribution in [1.29, 1.82) is 0 Å². The standard InChI is InChI=1S/C24H29NO2S/c1-17-9-10-21(15-18(17)2)24(27,22-11-14-28-16-22)12-13-25-19(3)23(26)20-7-5-4-6-8-20/h4-11,14-16,19,23,25-27H,12-13H2,1-3H3. The zero-order valence-electron chi connectivity index (χ0n) is 16.7. The minimum Gasteiger partial charge on any atom is -0.387 e. The third-order valence-electron chi connectivity index (χ3n) is 5.55. The van der Waals surface area contributed by atoms with E-state index >= 15 is 0 Å². The highest BCUT2D eigenvalue weighted by molar-refractivity contribution is 7.08. The van der Waals surface area contributed by atoms with Crippen molar-refractivity contribution < 1.29 is 10.2 Å². The van der Waals surface area contributed by atoms with Crippen LogP contribution in [0.15, 0.2) is 65.4 Å². The first-order chi connectivity index (χ1) is 13.4. The van der Waals surface area contributed by atoms with Gasteiger partial charge in [0.1, 0.15) is 5.60 Å². The van der Waals surface area contributed by atoms with Crippen molar-refractivity contribution in [2.75, 3.05) is 6.54 Å². The Balaban J connectivity index is 1.73. The summed E-state index contributed by atoms with van der Waals surface area (Å²) < 4.78 is 0. The van der Waals surface area contributed by atoms with Gasteiger partial charge in [-0.1, -0.05) is 48.5 Å². The fraction of sp³-hybridized carbons (Fsp3) is 0.333. The van der Waals surface area contributed by atoms with Crippen LogP contribution in [0.25, 0.3) is 0 Å². The molecule has 3 N–H and O–H groups in total. The summed E-state index contributed by atoms with van der Waals surface area (Å²) in [5, 5.41) is 29.6. The zero-order chi connectivity index (χ0) is 20.1. The highest BCUT2D eigenvalue weighted by atomic mass is 32.1. The second-order valence-electron chi connectivity index (χ2n) is 7.52. The second kappa shape index (κ2) is 9.01. The Hall–Kier alpha value is -1.98. The molecule has 3 atom stereocenters. The van der Waals surface area contributed by atoms with Gasteiger partial charge >= 0.3 is 0 Å². The maximum absolute atomic E-state index is 11.6. The number of hydrogen-bond acceptors (Lipinski definition) is 4. The van der Waals surface area contributed by atoms with Crippen LogP contribution in [0.2, 0.25) is 0 Å². The molecule has 0 saturated heterocycles. The number of nitrogens with one attached hydrogen (secondary N) is 1. The molecular formula is C24H29NO2S. The number of rotatable bonds is 8. The Morgan fingerprint density at radius 3 is 2.39 bits per heavy atom. The molecule has 1 heterocycles. The molecule has 0 spiro atoms. The molecule has 0 radical (unpaired) electrons. The third kappa shape index (κ3) is 4.53. The molecule has 0 aliphatic carbocycles. The lowest BCUT2D eigenvalue weighted by molar-refractivity contribution is 0.0667. The van der Waals surface area contributed by atoms with Crippen LogP contribution in [0.4, 0.5) is 0 Å². The molecule has 3 aromatic rings. The highest BCUT2D eigenvalue weighted by Crippen LogP contribution is 2.35. The molecule has 0 saturated carbocycles. The molecule has 0 aliphatic rings. The molecule has 4 heteroatoms. The quantitative estimate of drug-likeness (QED) is 0.518. The van der Waals surface area contributed by atoms with Crippen LogP contribution in [0.1, 0.15) is 47.3 Å². The van der Waals surface area contributed by atoms with E-state index in [1.165, 1.54) is 11.1 Å². The summed E-state index contributed by atoms with van der Waals surface area (Å²) in [6.45, 7) is 6.71. The van der Waals surface area contributed by atoms with Crippen molar-refractivity contribution in [2.45, 2.75) is 44.9 Å². The van der Waals surface area contributed by atoms with Crippen LogP contribution >= 0.6 is 11.3 Å². The molecule has 148 valence electrons. The van der Waals surface area contributed by atoms with Gasteiger partial charge in [0, 0.05) is 6.04 Å². The normalized spacial score (nSPS) is 15.8. The minimum atomic E-state index is -1.05. The molecule has 28 heavy (non-hydrogen) atoms. The molecular weight excluding hydrogens is 366 g/mol. The van der Waals surface area contributed by atoms with E-state index in [2.05, 4.69) is 31.3 Å². The molecule has 3 rings (SSSR count). The zero-order valence-corrected chi connectivity index (χ0v) is 17.5. The molecule has 0 fully saturated rings. The van der Waals surface area contributed by atoms with Crippen molar-refractivity contribution in [3.63, 3.8) is 0 Å². The smallest absolute Gasteiger partial charge is 0.117 e. The second-order valence-corrected chi connectivity index (χ2v) is 8.30. The summed E-state index contributed by atoms with van der Waals surface area (Å²) in [4.78, 5) is 0. The highest BCUT2D eigenvalue weighted by Gasteiger charge is 2.32. The van der Waals surface area contributed by atoms with E-state index < -0.39 is 11.7 Å². The van der Waals surface area contributed by atoms with Gasteiger partial charge in [-0.2, -0.15) is 11.3 Å². The summed E-state index contributed by atoms with van der Waals surface area (Å²) in [7, 11) is 0. The van der Waals surface area contributed by atoms with Crippen LogP contribution in [0, 0.1) is 13.8 Å². The Labute approximate surface area is 171 Å². The van der Waals surface area contributed by atoms with Gasteiger partial charge in [0.2, 0.25) is 0 Å². The van der Waals surface area contributed by atoms with Gasteiger partial charge in [-0.3, -0.25) is 0 Å². The summed E-state index contributed by atoms with van der Waals surface area (Å²) in [5.41, 5.74) is 4.06. The molecule has 0 amide bonds. The number of aryl methyl sites for hydroxylation is 2. The van der Waals surface area contributed by atoms with Gasteiger partial charge in [-0.25, -0.2) is 0 Å². The molecule has 0 aliphatic heterocycles. The van der Waals surface area contributed by atoms with E-state index in [0.717, 1.165) is 16.7 Å². The maximum Gasteiger partial charge on any atom is 0.117 e. The topological polar surface area (TPSA) is 52.5 Å². The van der Waals surface area contributed by atoms with E-state index in [1.807, 2.05) is 60.1 Å². The van der Waals surface area contributed by atoms with Crippen LogP contribution < -0.4 is 5.32 Å². The van der Waals surface area contributed by atoms with Crippen LogP contribution in [-0.2, 0) is 5.60 Å². The predicted molar refractivity (Wildman–Crippen MR) is 117 cm³/mol. The van der Waals surface area contributed by atoms with Crippen molar-refractivity contribution in [3.8, 4) is 0 Å². The SMILES string of the molecule is Cc1ccc(C(O)(CCNC(C)C(O)c2ccccc2)c2ccsc2)cc1C. The van der Waals surface area contributed by atoms with Crippen molar-refractivity contribution >= 4 is 11.3 Å². The summed E-state index contributed by atoms with van der Waals surface area (Å²) in [5.74, 6) is 0. The fourth-order valence-corrected chi connectivity index (χ4v) is 4.21. The summed E-state index contributed by atoms with van der Waals surface area (Å²) in [6.07, 6.45) is -0.0602. The lowest BCUT2D eigenvalue weighted by Gasteiger charge is -2.30. The van der Waals surface area contributed by atoms with E-state index in [-0.39, 0.29) is 6.04 Å². The average Bonchev–Trinajstić information content (AvgIpc) is 3.25. The predicted octanol–water partition coefficient (Wildman–Crippen LogP) is 4.70. The minimum absolute atomic E-state index is 0.117. The fourth-order valence-electron chi connectivity index (χ4n) is 3.49. The summed E-state index contributed by atoms with van der Waals surface area (Å²) in [6, 6.07) is 17.7. The first-order valence-corrected chi connectivity index (χ1v) is 10.7. The van der Waals surface area contributed by atoms with Gasteiger partial charge in [0.25, 0.3) is 0 Å². The Morgan fingerprint density at radius 2 is 1.75 bits per heavy atom. The number of aliphatic hydroxyl groups is 2. The molecule has 3 unspecified atom stereocenters. The van der Waals surface area contributed by atoms with Gasteiger partial charge in [-0.05, 0) is 78.4 Å². The van der Waals surface area contributed by atoms with Crippen LogP contribution in [0.5, 0.6) is 0 Å². The average molecular weight is 396 g/mol. The Morgan fingerprint density at radius 1 is 1.00 bits per heavy atom. The lowest BCUT2D eigenvalue weighted by atomic mass is 9.83. The number of aliphatic hydroxyl groups excluding tert-OH is 1. The number of hydrogen-bond donors (Lipinski definition) is 3. The van der Waals surface area contributed by atoms with Gasteiger partial charge in [0.15, 0.2) is 0 Å². The van der Waals surface area contributed by atoms with Crippen LogP contribution in [-0.4, -0.2) is 22.8 Å². The van der Waals surface area contributed by atoms with Gasteiger partial charge in [0.05, 0.1) is 6.10 Å². The first kappa shape index (κ1) is 20.7. The first-order valence-electron chi connectivity index (χ1n) is 9.71. The Kier molecular flexibility index (Phi) is 6.68. The molecule has 2 aromatic carbocycles. The Bertz CT molecular complexity index is 879. The van der Waals surface area contributed by atoms with E-state index in [0.29, 0.717) is 13.0 Å². The van der Waals surface area contributed by atoms with Gasteiger partial charge < -0.3 is 15.5 Å². The van der Waals surface area contributed by atoms with E-state index in [9.17, 15) is 10.2 Å². The van der Waals surface area contributed by atoms with Crippen molar-refractivity contribution in [3.05, 3.63) is 93.2 Å². The van der Waals surface area contributed by atoms with Gasteiger partial charge in [-0.15, -0.1) is 0 Å². The largest absolute Gasteiger partial charge is 0.387 e. The third-order valence-corrected chi connectivity index (χ3v) is 6.23. The van der Waals surface area contributed by atoms with Crippen molar-refractivity contribution in [2.24, 2.45) is 0 Å². The monoisotopic (exact) mass is 395 g/mol. The number of thiophene rings is 1. The van der Waals surface area contributed by atoms with Crippen LogP contribution in [0.3, 0.4) is 0 Å². The number of benzene rings is 2. The van der Waals surface area contributed by atoms with Crippen molar-refractivity contribution in [1.82, 2.24) is 5.32 Å². The summed E-state index contributed by atoms with van der Waals surface area (Å²) >= 11 is 1.59. The molecule has 3 nitrogen and oxygen atoms in total. The van der Waals surface area contributed by atoms with E-state index in [1.54, 1.807) is 11.3 Å². The maximum atomic E-state index is 11.6. The lowest BCUT2D eigenvalue weighted by Crippen LogP contribution is -2.37.